The van der Waals surface area contributed by atoms with Crippen LogP contribution in [0.1, 0.15) is 13.0 Å². The van der Waals surface area contributed by atoms with E-state index >= 15 is 0 Å². The number of benzene rings is 3. The van der Waals surface area contributed by atoms with Crippen molar-refractivity contribution in [1.29, 1.82) is 0 Å². The summed E-state index contributed by atoms with van der Waals surface area (Å²) in [6.07, 6.45) is 0. The van der Waals surface area contributed by atoms with Gasteiger partial charge in [-0.2, -0.15) is 4.80 Å². The lowest BCUT2D eigenvalue weighted by molar-refractivity contribution is -0.119. The zero-order chi connectivity index (χ0) is 20.2. The summed E-state index contributed by atoms with van der Waals surface area (Å²) < 4.78 is 0. The molecule has 1 atom stereocenters. The van der Waals surface area contributed by atoms with Crippen LogP contribution in [0.5, 0.6) is 0 Å². The summed E-state index contributed by atoms with van der Waals surface area (Å²) in [5.74, 6) is 0.208. The molecule has 1 N–H and O–H groups in total. The van der Waals surface area contributed by atoms with Gasteiger partial charge in [0.25, 0.3) is 5.91 Å². The van der Waals surface area contributed by atoms with E-state index in [2.05, 4.69) is 20.7 Å². The monoisotopic (exact) mass is 403 g/mol. The van der Waals surface area contributed by atoms with Crippen LogP contribution in [0.4, 0.5) is 5.69 Å². The highest BCUT2D eigenvalue weighted by molar-refractivity contribution is 6.30. The number of aromatic nitrogens is 4. The maximum absolute atomic E-state index is 12.8. The van der Waals surface area contributed by atoms with Crippen LogP contribution in [-0.4, -0.2) is 26.1 Å². The lowest BCUT2D eigenvalue weighted by Crippen LogP contribution is -2.25. The predicted molar refractivity (Wildman–Crippen MR) is 113 cm³/mol. The first kappa shape index (κ1) is 18.8. The van der Waals surface area contributed by atoms with Gasteiger partial charge in [-0.25, -0.2) is 0 Å². The summed E-state index contributed by atoms with van der Waals surface area (Å²) >= 11 is 5.92. The van der Waals surface area contributed by atoms with Crippen LogP contribution in [0, 0.1) is 0 Å². The molecule has 29 heavy (non-hydrogen) atoms. The van der Waals surface area contributed by atoms with E-state index in [0.29, 0.717) is 10.8 Å². The fraction of sp³-hybridized carbons (Fsp3) is 0.0909. The van der Waals surface area contributed by atoms with Crippen LogP contribution in [0.3, 0.4) is 0 Å². The zero-order valence-corrected chi connectivity index (χ0v) is 16.4. The summed E-state index contributed by atoms with van der Waals surface area (Å²) in [4.78, 5) is 14.1. The highest BCUT2D eigenvalue weighted by Crippen LogP contribution is 2.28. The van der Waals surface area contributed by atoms with Crippen molar-refractivity contribution in [3.05, 3.63) is 83.9 Å². The molecule has 4 rings (SSSR count). The summed E-state index contributed by atoms with van der Waals surface area (Å²) in [7, 11) is 0. The van der Waals surface area contributed by atoms with Gasteiger partial charge in [-0.3, -0.25) is 4.79 Å². The first-order valence-electron chi connectivity index (χ1n) is 9.12. The number of carbonyl (C=O) groups is 1. The Morgan fingerprint density at radius 2 is 1.62 bits per heavy atom. The second-order valence-electron chi connectivity index (χ2n) is 6.52. The largest absolute Gasteiger partial charge is 0.324 e. The van der Waals surface area contributed by atoms with E-state index in [-0.39, 0.29) is 5.91 Å². The Balaban J connectivity index is 1.53. The number of para-hydroxylation sites is 1. The highest BCUT2D eigenvalue weighted by Gasteiger charge is 2.20. The van der Waals surface area contributed by atoms with Crippen molar-refractivity contribution in [1.82, 2.24) is 20.2 Å². The van der Waals surface area contributed by atoms with Crippen molar-refractivity contribution in [3.8, 4) is 22.5 Å². The molecule has 7 heteroatoms. The summed E-state index contributed by atoms with van der Waals surface area (Å²) in [6.45, 7) is 1.73. The lowest BCUT2D eigenvalue weighted by atomic mass is 10.0. The Morgan fingerprint density at radius 3 is 2.38 bits per heavy atom. The number of rotatable bonds is 5. The predicted octanol–water partition coefficient (Wildman–Crippen LogP) is 4.86. The number of tetrazole rings is 1. The minimum absolute atomic E-state index is 0.228. The molecule has 1 heterocycles. The fourth-order valence-electron chi connectivity index (χ4n) is 2.91. The van der Waals surface area contributed by atoms with Crippen molar-refractivity contribution in [2.75, 3.05) is 5.32 Å². The first-order chi connectivity index (χ1) is 14.1. The Bertz CT molecular complexity index is 1130. The molecule has 0 aliphatic carbocycles. The molecule has 1 aromatic heterocycles. The van der Waals surface area contributed by atoms with Gasteiger partial charge in [-0.1, -0.05) is 60.1 Å². The van der Waals surface area contributed by atoms with Crippen LogP contribution in [0.15, 0.2) is 78.9 Å². The minimum Gasteiger partial charge on any atom is -0.324 e. The van der Waals surface area contributed by atoms with Crippen molar-refractivity contribution in [2.45, 2.75) is 13.0 Å². The molecular formula is C22H18ClN5O. The van der Waals surface area contributed by atoms with E-state index in [0.717, 1.165) is 22.4 Å². The molecule has 0 saturated heterocycles. The third kappa shape index (κ3) is 4.17. The van der Waals surface area contributed by atoms with E-state index in [1.54, 1.807) is 19.1 Å². The first-order valence-corrected chi connectivity index (χ1v) is 9.50. The molecule has 144 valence electrons. The fourth-order valence-corrected chi connectivity index (χ4v) is 3.03. The molecule has 0 radical (unpaired) electrons. The topological polar surface area (TPSA) is 72.7 Å². The molecule has 0 spiro atoms. The van der Waals surface area contributed by atoms with E-state index in [9.17, 15) is 4.79 Å². The molecule has 0 fully saturated rings. The molecule has 0 saturated carbocycles. The number of halogens is 1. The van der Waals surface area contributed by atoms with Crippen molar-refractivity contribution in [3.63, 3.8) is 0 Å². The summed E-state index contributed by atoms with van der Waals surface area (Å²) in [6, 6.07) is 24.1. The number of anilines is 1. The van der Waals surface area contributed by atoms with E-state index < -0.39 is 6.04 Å². The quantitative estimate of drug-likeness (QED) is 0.516. The number of hydrogen-bond acceptors (Lipinski definition) is 4. The van der Waals surface area contributed by atoms with Crippen LogP contribution in [-0.2, 0) is 4.79 Å². The average Bonchev–Trinajstić information content (AvgIpc) is 3.25. The normalized spacial score (nSPS) is 11.8. The van der Waals surface area contributed by atoms with Gasteiger partial charge in [-0.15, -0.1) is 10.2 Å². The van der Waals surface area contributed by atoms with Gasteiger partial charge in [0.1, 0.15) is 6.04 Å². The van der Waals surface area contributed by atoms with Crippen LogP contribution in [0.25, 0.3) is 22.5 Å². The number of hydrogen-bond donors (Lipinski definition) is 1. The van der Waals surface area contributed by atoms with Crippen LogP contribution in [0.2, 0.25) is 5.02 Å². The van der Waals surface area contributed by atoms with Gasteiger partial charge in [0.05, 0.1) is 0 Å². The van der Waals surface area contributed by atoms with E-state index in [1.165, 1.54) is 4.80 Å². The Morgan fingerprint density at radius 1 is 0.931 bits per heavy atom. The zero-order valence-electron chi connectivity index (χ0n) is 15.7. The summed E-state index contributed by atoms with van der Waals surface area (Å²) in [5.41, 5.74) is 3.48. The average molecular weight is 404 g/mol. The maximum Gasteiger partial charge on any atom is 0.250 e. The standard InChI is InChI=1S/C22H18ClN5O/c1-15(28-26-21(25-27-28)17-11-13-18(23)14-12-17)22(29)24-20-10-6-5-9-19(20)16-7-3-2-4-8-16/h2-15H,1H3,(H,24,29). The Hall–Kier alpha value is -3.51. The number of nitrogens with one attached hydrogen (secondary N) is 1. The molecule has 1 unspecified atom stereocenters. The van der Waals surface area contributed by atoms with Crippen molar-refractivity contribution >= 4 is 23.2 Å². The van der Waals surface area contributed by atoms with Gasteiger partial charge in [0.15, 0.2) is 0 Å². The van der Waals surface area contributed by atoms with Gasteiger partial charge in [-0.05, 0) is 48.0 Å². The molecule has 0 aliphatic rings. The molecule has 6 nitrogen and oxygen atoms in total. The van der Waals surface area contributed by atoms with Gasteiger partial charge in [0.2, 0.25) is 5.82 Å². The van der Waals surface area contributed by atoms with E-state index in [1.807, 2.05) is 66.7 Å². The van der Waals surface area contributed by atoms with E-state index in [4.69, 9.17) is 11.6 Å². The smallest absolute Gasteiger partial charge is 0.250 e. The van der Waals surface area contributed by atoms with Gasteiger partial charge >= 0.3 is 0 Å². The molecule has 3 aromatic carbocycles. The third-order valence-corrected chi connectivity index (χ3v) is 4.78. The Labute approximate surface area is 173 Å². The molecule has 4 aromatic rings. The molecule has 0 aliphatic heterocycles. The highest BCUT2D eigenvalue weighted by atomic mass is 35.5. The second-order valence-corrected chi connectivity index (χ2v) is 6.95. The van der Waals surface area contributed by atoms with Crippen LogP contribution >= 0.6 is 11.6 Å². The molecule has 0 bridgehead atoms. The number of nitrogens with zero attached hydrogens (tertiary/aromatic N) is 4. The molecular weight excluding hydrogens is 386 g/mol. The van der Waals surface area contributed by atoms with Gasteiger partial charge < -0.3 is 5.32 Å². The Kier molecular flexibility index (Phi) is 5.35. The molecule has 1 amide bonds. The maximum atomic E-state index is 12.8. The SMILES string of the molecule is CC(C(=O)Nc1ccccc1-c1ccccc1)n1nnc(-c2ccc(Cl)cc2)n1. The van der Waals surface area contributed by atoms with Gasteiger partial charge in [0, 0.05) is 21.8 Å². The van der Waals surface area contributed by atoms with Crippen molar-refractivity contribution in [2.24, 2.45) is 0 Å². The number of carbonyl (C=O) groups excluding carboxylic acids is 1. The minimum atomic E-state index is -0.632. The summed E-state index contributed by atoms with van der Waals surface area (Å²) in [5, 5.41) is 16.0. The van der Waals surface area contributed by atoms with Crippen LogP contribution < -0.4 is 5.32 Å². The third-order valence-electron chi connectivity index (χ3n) is 4.53. The van der Waals surface area contributed by atoms with Crippen molar-refractivity contribution < 1.29 is 4.79 Å². The second kappa shape index (κ2) is 8.24. The number of amides is 1. The lowest BCUT2D eigenvalue weighted by Gasteiger charge is -2.14.